The van der Waals surface area contributed by atoms with E-state index in [-0.39, 0.29) is 18.4 Å². The minimum absolute atomic E-state index is 0.0394. The van der Waals surface area contributed by atoms with Gasteiger partial charge in [0, 0.05) is 24.6 Å². The molecule has 0 spiro atoms. The minimum atomic E-state index is -0.589. The van der Waals surface area contributed by atoms with Crippen molar-refractivity contribution in [2.24, 2.45) is 0 Å². The molecule has 0 aromatic heterocycles. The zero-order valence-electron chi connectivity index (χ0n) is 12.7. The van der Waals surface area contributed by atoms with Crippen LogP contribution in [0.1, 0.15) is 37.7 Å². The van der Waals surface area contributed by atoms with E-state index in [4.69, 9.17) is 0 Å². The molecule has 1 amide bonds. The molecule has 3 rings (SSSR count). The molecule has 1 aromatic carbocycles. The molecule has 3 nitrogen and oxygen atoms in total. The Hall–Kier alpha value is -1.49. The summed E-state index contributed by atoms with van der Waals surface area (Å²) in [6.45, 7) is 2.27. The van der Waals surface area contributed by atoms with Crippen LogP contribution in [0, 0.1) is 11.6 Å². The molecule has 1 N–H and O–H groups in total. The largest absolute Gasteiger partial charge is 0.352 e. The van der Waals surface area contributed by atoms with Crippen molar-refractivity contribution in [3.8, 4) is 0 Å². The number of fused-ring (bicyclic) bond motifs is 1. The standard InChI is InChI=1S/C17H22F2N2O/c18-13-7-5-12(14(19)11-13)6-8-17(22)20-15-3-1-9-21-10-2-4-16(15)21/h5,7,11,15-16H,1-4,6,8-10H2,(H,20,22)/t15-,16-/m0/s1. The first-order valence-corrected chi connectivity index (χ1v) is 8.11. The molecule has 0 unspecified atom stereocenters. The van der Waals surface area contributed by atoms with Gasteiger partial charge in [-0.2, -0.15) is 0 Å². The summed E-state index contributed by atoms with van der Waals surface area (Å²) in [6, 6.07) is 4.21. The van der Waals surface area contributed by atoms with Crippen LogP contribution in [0.4, 0.5) is 8.78 Å². The summed E-state index contributed by atoms with van der Waals surface area (Å²) >= 11 is 0. The lowest BCUT2D eigenvalue weighted by Gasteiger charge is -2.37. The van der Waals surface area contributed by atoms with Gasteiger partial charge in [-0.25, -0.2) is 8.78 Å². The molecule has 2 fully saturated rings. The number of halogens is 2. The highest BCUT2D eigenvalue weighted by Gasteiger charge is 2.35. The molecule has 120 valence electrons. The van der Waals surface area contributed by atoms with Gasteiger partial charge in [-0.15, -0.1) is 0 Å². The summed E-state index contributed by atoms with van der Waals surface area (Å²) in [5, 5.41) is 3.11. The Labute approximate surface area is 129 Å². The van der Waals surface area contributed by atoms with E-state index < -0.39 is 11.6 Å². The lowest BCUT2D eigenvalue weighted by atomic mass is 9.96. The van der Waals surface area contributed by atoms with Gasteiger partial charge in [-0.05, 0) is 56.8 Å². The molecule has 1 aromatic rings. The molecular formula is C17H22F2N2O. The number of benzene rings is 1. The third kappa shape index (κ3) is 3.46. The van der Waals surface area contributed by atoms with E-state index in [1.54, 1.807) is 0 Å². The number of rotatable bonds is 4. The molecule has 0 bridgehead atoms. The Balaban J connectivity index is 1.52. The van der Waals surface area contributed by atoms with E-state index in [2.05, 4.69) is 10.2 Å². The van der Waals surface area contributed by atoms with Crippen LogP contribution in [0.15, 0.2) is 18.2 Å². The minimum Gasteiger partial charge on any atom is -0.352 e. The Kier molecular flexibility index (Phi) is 4.71. The molecule has 0 aliphatic carbocycles. The SMILES string of the molecule is O=C(CCc1ccc(F)cc1F)N[C@H]1CCCN2CCC[C@@H]12. The Morgan fingerprint density at radius 3 is 2.77 bits per heavy atom. The van der Waals surface area contributed by atoms with Crippen LogP contribution in [-0.2, 0) is 11.2 Å². The van der Waals surface area contributed by atoms with E-state index >= 15 is 0 Å². The van der Waals surface area contributed by atoms with Gasteiger partial charge >= 0.3 is 0 Å². The Bertz CT molecular complexity index is 549. The number of nitrogens with zero attached hydrogens (tertiary/aromatic N) is 1. The fourth-order valence-corrected chi connectivity index (χ4v) is 3.71. The Morgan fingerprint density at radius 2 is 2.00 bits per heavy atom. The Morgan fingerprint density at radius 1 is 1.23 bits per heavy atom. The molecule has 2 saturated heterocycles. The highest BCUT2D eigenvalue weighted by Crippen LogP contribution is 2.27. The van der Waals surface area contributed by atoms with Crippen molar-refractivity contribution in [3.63, 3.8) is 0 Å². The van der Waals surface area contributed by atoms with Gasteiger partial charge in [-0.1, -0.05) is 6.07 Å². The van der Waals surface area contributed by atoms with Crippen molar-refractivity contribution in [1.29, 1.82) is 0 Å². The highest BCUT2D eigenvalue weighted by atomic mass is 19.1. The van der Waals surface area contributed by atoms with E-state index in [9.17, 15) is 13.6 Å². The third-order valence-electron chi connectivity index (χ3n) is 4.82. The lowest BCUT2D eigenvalue weighted by molar-refractivity contribution is -0.122. The van der Waals surface area contributed by atoms with Gasteiger partial charge in [0.25, 0.3) is 0 Å². The fraction of sp³-hybridized carbons (Fsp3) is 0.588. The van der Waals surface area contributed by atoms with Crippen molar-refractivity contribution in [3.05, 3.63) is 35.4 Å². The summed E-state index contributed by atoms with van der Waals surface area (Å²) in [7, 11) is 0. The molecule has 2 heterocycles. The van der Waals surface area contributed by atoms with Crippen LogP contribution < -0.4 is 5.32 Å². The van der Waals surface area contributed by atoms with Crippen LogP contribution >= 0.6 is 0 Å². The van der Waals surface area contributed by atoms with E-state index in [1.165, 1.54) is 18.6 Å². The van der Waals surface area contributed by atoms with Gasteiger partial charge in [-0.3, -0.25) is 9.69 Å². The van der Waals surface area contributed by atoms with Crippen LogP contribution in [0.2, 0.25) is 0 Å². The smallest absolute Gasteiger partial charge is 0.220 e. The van der Waals surface area contributed by atoms with Crippen molar-refractivity contribution < 1.29 is 13.6 Å². The lowest BCUT2D eigenvalue weighted by Crippen LogP contribution is -2.52. The van der Waals surface area contributed by atoms with Crippen molar-refractivity contribution >= 4 is 5.91 Å². The van der Waals surface area contributed by atoms with Crippen molar-refractivity contribution in [2.45, 2.75) is 50.6 Å². The number of carbonyl (C=O) groups is 1. The number of hydrogen-bond donors (Lipinski definition) is 1. The first-order chi connectivity index (χ1) is 10.6. The van der Waals surface area contributed by atoms with Crippen LogP contribution in [0.3, 0.4) is 0 Å². The summed E-state index contributed by atoms with van der Waals surface area (Å²) in [4.78, 5) is 14.6. The van der Waals surface area contributed by atoms with E-state index in [1.807, 2.05) is 0 Å². The summed E-state index contributed by atoms with van der Waals surface area (Å²) in [5.41, 5.74) is 0.391. The van der Waals surface area contributed by atoms with Gasteiger partial charge in [0.05, 0.1) is 0 Å². The number of nitrogens with one attached hydrogen (secondary N) is 1. The molecule has 2 aliphatic rings. The maximum atomic E-state index is 13.6. The van der Waals surface area contributed by atoms with Gasteiger partial charge < -0.3 is 5.32 Å². The molecule has 22 heavy (non-hydrogen) atoms. The molecule has 2 atom stereocenters. The van der Waals surface area contributed by atoms with Crippen LogP contribution in [0.25, 0.3) is 0 Å². The molecule has 0 saturated carbocycles. The van der Waals surface area contributed by atoms with Gasteiger partial charge in [0.2, 0.25) is 5.91 Å². The predicted molar refractivity (Wildman–Crippen MR) is 80.4 cm³/mol. The molecule has 0 radical (unpaired) electrons. The first kappa shape index (κ1) is 15.4. The molecule has 2 aliphatic heterocycles. The third-order valence-corrected chi connectivity index (χ3v) is 4.82. The molecular weight excluding hydrogens is 286 g/mol. The van der Waals surface area contributed by atoms with Crippen molar-refractivity contribution in [1.82, 2.24) is 10.2 Å². The zero-order chi connectivity index (χ0) is 15.5. The normalized spacial score (nSPS) is 25.0. The summed E-state index contributed by atoms with van der Waals surface area (Å²) in [6.07, 6.45) is 5.05. The number of amides is 1. The van der Waals surface area contributed by atoms with Crippen LogP contribution in [-0.4, -0.2) is 36.0 Å². The monoisotopic (exact) mass is 308 g/mol. The second-order valence-electron chi connectivity index (χ2n) is 6.30. The molecule has 5 heteroatoms. The van der Waals surface area contributed by atoms with Gasteiger partial charge in [0.1, 0.15) is 11.6 Å². The zero-order valence-corrected chi connectivity index (χ0v) is 12.7. The first-order valence-electron chi connectivity index (χ1n) is 8.11. The van der Waals surface area contributed by atoms with Gasteiger partial charge in [0.15, 0.2) is 0 Å². The summed E-state index contributed by atoms with van der Waals surface area (Å²) in [5.74, 6) is -1.20. The average Bonchev–Trinajstić information content (AvgIpc) is 2.96. The number of piperidine rings is 1. The quantitative estimate of drug-likeness (QED) is 0.927. The fourth-order valence-electron chi connectivity index (χ4n) is 3.71. The number of aryl methyl sites for hydroxylation is 1. The van der Waals surface area contributed by atoms with E-state index in [0.717, 1.165) is 38.4 Å². The second kappa shape index (κ2) is 6.73. The van der Waals surface area contributed by atoms with Crippen LogP contribution in [0.5, 0.6) is 0 Å². The topological polar surface area (TPSA) is 32.3 Å². The maximum absolute atomic E-state index is 13.6. The highest BCUT2D eigenvalue weighted by molar-refractivity contribution is 5.76. The summed E-state index contributed by atoms with van der Waals surface area (Å²) < 4.78 is 26.4. The second-order valence-corrected chi connectivity index (χ2v) is 6.30. The average molecular weight is 308 g/mol. The number of carbonyl (C=O) groups excluding carboxylic acids is 1. The van der Waals surface area contributed by atoms with E-state index in [0.29, 0.717) is 18.0 Å². The predicted octanol–water partition coefficient (Wildman–Crippen LogP) is 2.64. The number of hydrogen-bond acceptors (Lipinski definition) is 2. The van der Waals surface area contributed by atoms with Crippen molar-refractivity contribution in [2.75, 3.05) is 13.1 Å². The maximum Gasteiger partial charge on any atom is 0.220 e.